The SMILES string of the molecule is O=C(CF)Nc1ccc(-c2ccc(C(=O)N[C@H]3CN4CCC3CC4)s2)cc1. The zero-order valence-corrected chi connectivity index (χ0v) is 15.7. The van der Waals surface area contributed by atoms with Gasteiger partial charge in [-0.15, -0.1) is 11.3 Å². The quantitative estimate of drug-likeness (QED) is 0.829. The van der Waals surface area contributed by atoms with E-state index in [1.54, 1.807) is 12.1 Å². The van der Waals surface area contributed by atoms with Gasteiger partial charge in [-0.1, -0.05) is 12.1 Å². The van der Waals surface area contributed by atoms with Gasteiger partial charge >= 0.3 is 0 Å². The van der Waals surface area contributed by atoms with Gasteiger partial charge in [-0.3, -0.25) is 9.59 Å². The molecule has 5 rings (SSSR count). The summed E-state index contributed by atoms with van der Waals surface area (Å²) in [7, 11) is 0. The van der Waals surface area contributed by atoms with Gasteiger partial charge in [-0.2, -0.15) is 0 Å². The van der Waals surface area contributed by atoms with Crippen molar-refractivity contribution in [2.45, 2.75) is 18.9 Å². The molecule has 142 valence electrons. The van der Waals surface area contributed by atoms with Crippen LogP contribution < -0.4 is 10.6 Å². The monoisotopic (exact) mass is 387 g/mol. The van der Waals surface area contributed by atoms with Crippen LogP contribution in [-0.4, -0.2) is 49.1 Å². The van der Waals surface area contributed by atoms with Crippen molar-refractivity contribution in [3.8, 4) is 10.4 Å². The molecule has 0 radical (unpaired) electrons. The zero-order chi connectivity index (χ0) is 18.8. The summed E-state index contributed by atoms with van der Waals surface area (Å²) in [6, 6.07) is 11.2. The van der Waals surface area contributed by atoms with Crippen molar-refractivity contribution in [1.29, 1.82) is 0 Å². The van der Waals surface area contributed by atoms with E-state index in [0.717, 1.165) is 30.1 Å². The van der Waals surface area contributed by atoms with Gasteiger partial charge in [0.25, 0.3) is 11.8 Å². The van der Waals surface area contributed by atoms with Crippen LogP contribution >= 0.6 is 11.3 Å². The summed E-state index contributed by atoms with van der Waals surface area (Å²) in [4.78, 5) is 27.8. The minimum atomic E-state index is -1.04. The lowest BCUT2D eigenvalue weighted by molar-refractivity contribution is -0.117. The Morgan fingerprint density at radius 3 is 2.48 bits per heavy atom. The number of alkyl halides is 1. The van der Waals surface area contributed by atoms with E-state index in [4.69, 9.17) is 0 Å². The van der Waals surface area contributed by atoms with Crippen molar-refractivity contribution in [2.75, 3.05) is 31.6 Å². The van der Waals surface area contributed by atoms with Gasteiger partial charge in [0.2, 0.25) is 0 Å². The van der Waals surface area contributed by atoms with E-state index in [1.165, 1.54) is 24.2 Å². The third-order valence-corrected chi connectivity index (χ3v) is 6.51. The molecule has 5 nitrogen and oxygen atoms in total. The first-order valence-corrected chi connectivity index (χ1v) is 10.0. The number of rotatable bonds is 5. The Morgan fingerprint density at radius 2 is 1.85 bits per heavy atom. The molecule has 3 fully saturated rings. The van der Waals surface area contributed by atoms with Crippen LogP contribution in [0.4, 0.5) is 10.1 Å². The number of piperidine rings is 3. The fourth-order valence-electron chi connectivity index (χ4n) is 3.90. The minimum Gasteiger partial charge on any atom is -0.347 e. The summed E-state index contributed by atoms with van der Waals surface area (Å²) < 4.78 is 12.3. The normalized spacial score (nSPS) is 23.8. The molecule has 0 saturated carbocycles. The van der Waals surface area contributed by atoms with Crippen molar-refractivity contribution in [3.63, 3.8) is 0 Å². The largest absolute Gasteiger partial charge is 0.347 e. The molecule has 2 aromatic rings. The van der Waals surface area contributed by atoms with Crippen molar-refractivity contribution in [3.05, 3.63) is 41.3 Å². The lowest BCUT2D eigenvalue weighted by atomic mass is 9.84. The van der Waals surface area contributed by atoms with Crippen molar-refractivity contribution < 1.29 is 14.0 Å². The van der Waals surface area contributed by atoms with Gasteiger partial charge in [0, 0.05) is 23.2 Å². The number of benzene rings is 1. The summed E-state index contributed by atoms with van der Waals surface area (Å²) in [5.41, 5.74) is 1.51. The van der Waals surface area contributed by atoms with Gasteiger partial charge in [0.1, 0.15) is 0 Å². The van der Waals surface area contributed by atoms with Crippen LogP contribution in [0.3, 0.4) is 0 Å². The van der Waals surface area contributed by atoms with Crippen LogP contribution in [0, 0.1) is 5.92 Å². The molecule has 2 bridgehead atoms. The van der Waals surface area contributed by atoms with E-state index in [9.17, 15) is 14.0 Å². The molecule has 7 heteroatoms. The summed E-state index contributed by atoms with van der Waals surface area (Å²) in [6.45, 7) is 2.23. The number of fused-ring (bicyclic) bond motifs is 3. The maximum Gasteiger partial charge on any atom is 0.261 e. The topological polar surface area (TPSA) is 61.4 Å². The van der Waals surface area contributed by atoms with Crippen molar-refractivity contribution in [2.24, 2.45) is 5.92 Å². The molecule has 0 unspecified atom stereocenters. The number of nitrogens with one attached hydrogen (secondary N) is 2. The minimum absolute atomic E-state index is 0.00294. The maximum atomic E-state index is 12.6. The molecule has 2 amide bonds. The lowest BCUT2D eigenvalue weighted by Gasteiger charge is -2.44. The number of halogens is 1. The van der Waals surface area contributed by atoms with E-state index < -0.39 is 12.6 Å². The Morgan fingerprint density at radius 1 is 1.11 bits per heavy atom. The van der Waals surface area contributed by atoms with E-state index >= 15 is 0 Å². The third kappa shape index (κ3) is 4.04. The smallest absolute Gasteiger partial charge is 0.261 e. The number of thiophene rings is 1. The molecule has 1 atom stereocenters. The molecule has 3 aliphatic rings. The Kier molecular flexibility index (Phi) is 5.22. The van der Waals surface area contributed by atoms with Crippen LogP contribution in [0.25, 0.3) is 10.4 Å². The fraction of sp³-hybridized carbons (Fsp3) is 0.400. The Balaban J connectivity index is 1.40. The van der Waals surface area contributed by atoms with Gasteiger partial charge in [0.05, 0.1) is 4.88 Å². The Hall–Kier alpha value is -2.25. The highest BCUT2D eigenvalue weighted by Crippen LogP contribution is 2.31. The van der Waals surface area contributed by atoms with Crippen molar-refractivity contribution in [1.82, 2.24) is 10.2 Å². The van der Waals surface area contributed by atoms with Crippen LogP contribution in [0.15, 0.2) is 36.4 Å². The molecule has 4 heterocycles. The molecule has 3 aliphatic heterocycles. The first kappa shape index (κ1) is 18.1. The Bertz CT molecular complexity index is 828. The van der Waals surface area contributed by atoms with E-state index in [-0.39, 0.29) is 11.9 Å². The molecule has 1 aromatic carbocycles. The molecule has 0 spiro atoms. The number of carbonyl (C=O) groups is 2. The van der Waals surface area contributed by atoms with Gasteiger partial charge in [-0.25, -0.2) is 4.39 Å². The third-order valence-electron chi connectivity index (χ3n) is 5.38. The van der Waals surface area contributed by atoms with E-state index in [0.29, 0.717) is 16.5 Å². The highest BCUT2D eigenvalue weighted by atomic mass is 32.1. The number of hydrogen-bond donors (Lipinski definition) is 2. The summed E-state index contributed by atoms with van der Waals surface area (Å²) >= 11 is 1.45. The van der Waals surface area contributed by atoms with E-state index in [2.05, 4.69) is 15.5 Å². The molecule has 2 N–H and O–H groups in total. The highest BCUT2D eigenvalue weighted by Gasteiger charge is 2.35. The summed E-state index contributed by atoms with van der Waals surface area (Å²) in [5, 5.41) is 5.69. The lowest BCUT2D eigenvalue weighted by Crippen LogP contribution is -2.57. The average molecular weight is 387 g/mol. The van der Waals surface area contributed by atoms with Gasteiger partial charge in [0.15, 0.2) is 6.67 Å². The van der Waals surface area contributed by atoms with Crippen LogP contribution in [0.1, 0.15) is 22.5 Å². The molecule has 27 heavy (non-hydrogen) atoms. The molecule has 0 aliphatic carbocycles. The zero-order valence-electron chi connectivity index (χ0n) is 14.9. The predicted octanol–water partition coefficient (Wildman–Crippen LogP) is 3.15. The Labute approximate surface area is 161 Å². The molecule has 3 saturated heterocycles. The second kappa shape index (κ2) is 7.78. The first-order chi connectivity index (χ1) is 13.1. The average Bonchev–Trinajstić information content (AvgIpc) is 3.20. The molecular formula is C20H22FN3O2S. The number of hydrogen-bond acceptors (Lipinski definition) is 4. The van der Waals surface area contributed by atoms with Gasteiger partial charge in [-0.05, 0) is 61.7 Å². The fourth-order valence-corrected chi connectivity index (χ4v) is 4.81. The second-order valence-electron chi connectivity index (χ2n) is 7.14. The van der Waals surface area contributed by atoms with Crippen LogP contribution in [0.2, 0.25) is 0 Å². The molecule has 1 aromatic heterocycles. The van der Waals surface area contributed by atoms with E-state index in [1.807, 2.05) is 24.3 Å². The van der Waals surface area contributed by atoms with Gasteiger partial charge < -0.3 is 15.5 Å². The predicted molar refractivity (Wildman–Crippen MR) is 105 cm³/mol. The van der Waals surface area contributed by atoms with Crippen molar-refractivity contribution >= 4 is 28.8 Å². The summed E-state index contributed by atoms with van der Waals surface area (Å²) in [5.74, 6) is -0.0622. The first-order valence-electron chi connectivity index (χ1n) is 9.21. The number of anilines is 1. The standard InChI is InChI=1S/C20H22FN3O2S/c21-11-19(25)22-15-3-1-14(2-4-15)17-5-6-18(27-17)20(26)23-16-12-24-9-7-13(16)8-10-24/h1-6,13,16H,7-12H2,(H,22,25)(H,23,26)/t16-/m0/s1. The number of amides is 2. The highest BCUT2D eigenvalue weighted by molar-refractivity contribution is 7.17. The van der Waals surface area contributed by atoms with Crippen LogP contribution in [-0.2, 0) is 4.79 Å². The molecular weight excluding hydrogens is 365 g/mol. The van der Waals surface area contributed by atoms with Crippen LogP contribution in [0.5, 0.6) is 0 Å². The number of carbonyl (C=O) groups excluding carboxylic acids is 2. The summed E-state index contributed by atoms with van der Waals surface area (Å²) in [6.07, 6.45) is 2.35. The second-order valence-corrected chi connectivity index (χ2v) is 8.22. The maximum absolute atomic E-state index is 12.6. The number of nitrogens with zero attached hydrogens (tertiary/aromatic N) is 1.